The van der Waals surface area contributed by atoms with Gasteiger partial charge in [-0.05, 0) is 26.1 Å². The average Bonchev–Trinajstić information content (AvgIpc) is 2.74. The van der Waals surface area contributed by atoms with Crippen LogP contribution in [0.4, 0.5) is 0 Å². The first-order valence-electron chi connectivity index (χ1n) is 6.30. The third-order valence-corrected chi connectivity index (χ3v) is 7.29. The van der Waals surface area contributed by atoms with Gasteiger partial charge in [0.05, 0.1) is 0 Å². The average molecular weight is 246 g/mol. The number of hydrogen-bond donors (Lipinski definition) is 0. The van der Waals surface area contributed by atoms with Gasteiger partial charge < -0.3 is 13.8 Å². The lowest BCUT2D eigenvalue weighted by atomic mass is 10.4. The van der Waals surface area contributed by atoms with Gasteiger partial charge in [0.25, 0.3) is 0 Å². The molecule has 4 nitrogen and oxygen atoms in total. The first-order valence-corrected chi connectivity index (χ1v) is 8.27. The van der Waals surface area contributed by atoms with Crippen LogP contribution in [-0.2, 0) is 8.85 Å². The van der Waals surface area contributed by atoms with E-state index in [-0.39, 0.29) is 0 Å². The molecule has 0 saturated carbocycles. The molecule has 0 aromatic carbocycles. The molecule has 0 aromatic rings. The van der Waals surface area contributed by atoms with Crippen molar-refractivity contribution >= 4 is 8.72 Å². The van der Waals surface area contributed by atoms with Gasteiger partial charge in [0.1, 0.15) is 0 Å². The molecule has 0 N–H and O–H groups in total. The van der Waals surface area contributed by atoms with Crippen LogP contribution < -0.4 is 0 Å². The van der Waals surface area contributed by atoms with Crippen molar-refractivity contribution in [3.63, 3.8) is 0 Å². The van der Waals surface area contributed by atoms with Crippen LogP contribution in [0.15, 0.2) is 0 Å². The molecule has 0 spiro atoms. The van der Waals surface area contributed by atoms with Crippen LogP contribution in [0.5, 0.6) is 0 Å². The van der Waals surface area contributed by atoms with E-state index < -0.39 is 8.72 Å². The summed E-state index contributed by atoms with van der Waals surface area (Å²) >= 11 is 0. The summed E-state index contributed by atoms with van der Waals surface area (Å²) < 4.78 is 13.8. The number of nitrogens with zero attached hydrogens (tertiary/aromatic N) is 2. The van der Waals surface area contributed by atoms with Crippen LogP contribution in [0, 0.1) is 0 Å². The number of rotatable bonds is 7. The molecule has 0 aliphatic carbocycles. The lowest BCUT2D eigenvalue weighted by Gasteiger charge is -2.33. The van der Waals surface area contributed by atoms with E-state index in [1.165, 1.54) is 6.42 Å². The number of hydrogen-bond acceptors (Lipinski definition) is 4. The summed E-state index contributed by atoms with van der Waals surface area (Å²) in [5.74, 6) is 0. The highest BCUT2D eigenvalue weighted by Crippen LogP contribution is 2.26. The van der Waals surface area contributed by atoms with Crippen molar-refractivity contribution < 1.29 is 8.85 Å². The fourth-order valence-corrected chi connectivity index (χ4v) is 5.40. The van der Waals surface area contributed by atoms with E-state index in [9.17, 15) is 0 Å². The van der Waals surface area contributed by atoms with E-state index in [0.717, 1.165) is 38.8 Å². The highest BCUT2D eigenvalue weighted by molar-refractivity contribution is 6.65. The topological polar surface area (TPSA) is 24.9 Å². The van der Waals surface area contributed by atoms with E-state index in [4.69, 9.17) is 8.85 Å². The van der Waals surface area contributed by atoms with Crippen molar-refractivity contribution in [3.8, 4) is 0 Å². The zero-order valence-electron chi connectivity index (χ0n) is 11.2. The van der Waals surface area contributed by atoms with E-state index >= 15 is 0 Å². The van der Waals surface area contributed by atoms with Crippen molar-refractivity contribution in [2.75, 3.05) is 46.9 Å². The zero-order valence-corrected chi connectivity index (χ0v) is 12.2. The first kappa shape index (κ1) is 14.1. The largest absolute Gasteiger partial charge is 0.427 e. The van der Waals surface area contributed by atoms with E-state index in [2.05, 4.69) is 23.3 Å². The van der Waals surface area contributed by atoms with Crippen LogP contribution in [0.2, 0.25) is 6.04 Å². The third kappa shape index (κ3) is 3.04. The molecular formula is C11H26N2O2Si. The maximum Gasteiger partial charge on any atom is 0.427 e. The highest BCUT2D eigenvalue weighted by Gasteiger charge is 2.47. The summed E-state index contributed by atoms with van der Waals surface area (Å²) in [6, 6.07) is 1.11. The minimum absolute atomic E-state index is 1.08. The molecule has 1 fully saturated rings. The van der Waals surface area contributed by atoms with Crippen molar-refractivity contribution in [1.82, 2.24) is 9.47 Å². The molecule has 0 atom stereocenters. The summed E-state index contributed by atoms with van der Waals surface area (Å²) in [6.45, 7) is 10.0. The Hall–Kier alpha value is 0.0569. The van der Waals surface area contributed by atoms with Crippen LogP contribution in [-0.4, -0.2) is 65.1 Å². The minimum atomic E-state index is -2.00. The molecule has 96 valence electrons. The third-order valence-electron chi connectivity index (χ3n) is 3.62. The van der Waals surface area contributed by atoms with Gasteiger partial charge in [0.2, 0.25) is 0 Å². The van der Waals surface area contributed by atoms with Crippen molar-refractivity contribution in [2.24, 2.45) is 0 Å². The second kappa shape index (κ2) is 6.71. The molecule has 1 saturated heterocycles. The molecule has 0 amide bonds. The Bertz CT molecular complexity index is 196. The Morgan fingerprint density at radius 1 is 1.19 bits per heavy atom. The smallest absolute Gasteiger partial charge is 0.386 e. The van der Waals surface area contributed by atoms with Crippen LogP contribution in [0.3, 0.4) is 0 Å². The quantitative estimate of drug-likeness (QED) is 0.632. The highest BCUT2D eigenvalue weighted by atomic mass is 28.4. The van der Waals surface area contributed by atoms with E-state index in [1.807, 2.05) is 0 Å². The maximum absolute atomic E-state index is 5.68. The van der Waals surface area contributed by atoms with E-state index in [0.29, 0.717) is 0 Å². The fraction of sp³-hybridized carbons (Fsp3) is 1.00. The molecule has 0 bridgehead atoms. The Kier molecular flexibility index (Phi) is 5.92. The fourth-order valence-electron chi connectivity index (χ4n) is 2.45. The Morgan fingerprint density at radius 3 is 2.31 bits per heavy atom. The SMILES string of the molecule is CCN(CC)CCN1CCC[Si]1(OC)OC. The standard InChI is InChI=1S/C11H26N2O2Si/c1-5-12(6-2)9-10-13-8-7-11-16(13,14-3)15-4/h5-11H2,1-4H3. The zero-order chi connectivity index (χ0) is 12.0. The van der Waals surface area contributed by atoms with Crippen LogP contribution in [0.25, 0.3) is 0 Å². The summed E-state index contributed by atoms with van der Waals surface area (Å²) in [5, 5.41) is 0. The normalized spacial score (nSPS) is 20.8. The maximum atomic E-state index is 5.68. The molecular weight excluding hydrogens is 220 g/mol. The van der Waals surface area contributed by atoms with Gasteiger partial charge in [-0.3, -0.25) is 4.57 Å². The molecule has 1 heterocycles. The predicted molar refractivity (Wildman–Crippen MR) is 68.6 cm³/mol. The van der Waals surface area contributed by atoms with Gasteiger partial charge in [0.15, 0.2) is 0 Å². The molecule has 1 aliphatic rings. The van der Waals surface area contributed by atoms with Crippen molar-refractivity contribution in [3.05, 3.63) is 0 Å². The van der Waals surface area contributed by atoms with Gasteiger partial charge >= 0.3 is 8.72 Å². The summed E-state index contributed by atoms with van der Waals surface area (Å²) in [6.07, 6.45) is 1.21. The Balaban J connectivity index is 2.46. The molecule has 0 unspecified atom stereocenters. The van der Waals surface area contributed by atoms with Crippen molar-refractivity contribution in [1.29, 1.82) is 0 Å². The minimum Gasteiger partial charge on any atom is -0.386 e. The molecule has 1 rings (SSSR count). The predicted octanol–water partition coefficient (Wildman–Crippen LogP) is 1.27. The molecule has 5 heteroatoms. The van der Waals surface area contributed by atoms with Crippen LogP contribution in [0.1, 0.15) is 20.3 Å². The van der Waals surface area contributed by atoms with Gasteiger partial charge in [-0.25, -0.2) is 0 Å². The van der Waals surface area contributed by atoms with Crippen molar-refractivity contribution in [2.45, 2.75) is 26.3 Å². The number of likely N-dealkylation sites (N-methyl/N-ethyl adjacent to an activating group) is 1. The molecule has 0 radical (unpaired) electrons. The van der Waals surface area contributed by atoms with Gasteiger partial charge in [0, 0.05) is 33.4 Å². The second-order valence-electron chi connectivity index (χ2n) is 4.24. The monoisotopic (exact) mass is 246 g/mol. The lowest BCUT2D eigenvalue weighted by molar-refractivity contribution is 0.170. The molecule has 0 aromatic heterocycles. The molecule has 1 aliphatic heterocycles. The first-order chi connectivity index (χ1) is 7.72. The summed E-state index contributed by atoms with van der Waals surface area (Å²) in [4.78, 5) is 2.45. The van der Waals surface area contributed by atoms with E-state index in [1.54, 1.807) is 14.2 Å². The Labute approximate surface area is 101 Å². The van der Waals surface area contributed by atoms with Gasteiger partial charge in [-0.1, -0.05) is 13.8 Å². The molecule has 16 heavy (non-hydrogen) atoms. The lowest BCUT2D eigenvalue weighted by Crippen LogP contribution is -2.55. The summed E-state index contributed by atoms with van der Waals surface area (Å²) in [7, 11) is 1.60. The summed E-state index contributed by atoms with van der Waals surface area (Å²) in [5.41, 5.74) is 0. The Morgan fingerprint density at radius 2 is 1.81 bits per heavy atom. The second-order valence-corrected chi connectivity index (χ2v) is 7.61. The van der Waals surface area contributed by atoms with Gasteiger partial charge in [-0.2, -0.15) is 0 Å². The van der Waals surface area contributed by atoms with Crippen LogP contribution >= 0.6 is 0 Å². The van der Waals surface area contributed by atoms with Gasteiger partial charge in [-0.15, -0.1) is 0 Å².